The van der Waals surface area contributed by atoms with Gasteiger partial charge in [-0.2, -0.15) is 0 Å². The number of amides is 2. The predicted molar refractivity (Wildman–Crippen MR) is 175 cm³/mol. The van der Waals surface area contributed by atoms with E-state index in [1.807, 2.05) is 122 Å². The van der Waals surface area contributed by atoms with Gasteiger partial charge < -0.3 is 26.4 Å². The number of nitrogens with one attached hydrogen (secondary N) is 3. The van der Waals surface area contributed by atoms with E-state index in [0.29, 0.717) is 31.9 Å². The average Bonchev–Trinajstić information content (AvgIpc) is 3.06. The minimum absolute atomic E-state index is 0.239. The quantitative estimate of drug-likeness (QED) is 0.0928. The molecule has 4 rings (SSSR count). The van der Waals surface area contributed by atoms with Crippen molar-refractivity contribution in [2.75, 3.05) is 13.7 Å². The molecule has 2 amide bonds. The number of hydrogen-bond donors (Lipinski definition) is 4. The lowest BCUT2D eigenvalue weighted by Crippen LogP contribution is -2.49. The molecule has 0 saturated heterocycles. The molecule has 0 unspecified atom stereocenters. The van der Waals surface area contributed by atoms with Gasteiger partial charge in [0.15, 0.2) is 5.96 Å². The molecule has 228 valence electrons. The van der Waals surface area contributed by atoms with E-state index in [0.717, 1.165) is 28.0 Å². The number of nitrogens with zero attached hydrogens (tertiary/aromatic N) is 1. The largest absolute Gasteiger partial charge is 0.497 e. The minimum atomic E-state index is -0.762. The Hall–Kier alpha value is -5.11. The number of benzene rings is 4. The first-order chi connectivity index (χ1) is 21.4. The van der Waals surface area contributed by atoms with E-state index in [-0.39, 0.29) is 17.9 Å². The van der Waals surface area contributed by atoms with Crippen LogP contribution >= 0.6 is 0 Å². The molecule has 0 aliphatic carbocycles. The van der Waals surface area contributed by atoms with Gasteiger partial charge in [-0.25, -0.2) is 4.99 Å². The molecule has 8 heteroatoms. The molecule has 0 heterocycles. The van der Waals surface area contributed by atoms with Gasteiger partial charge in [-0.3, -0.25) is 9.59 Å². The summed E-state index contributed by atoms with van der Waals surface area (Å²) in [5, 5.41) is 9.27. The Kier molecular flexibility index (Phi) is 11.9. The highest BCUT2D eigenvalue weighted by atomic mass is 16.5. The lowest BCUT2D eigenvalue weighted by molar-refractivity contribution is -0.129. The van der Waals surface area contributed by atoms with Gasteiger partial charge in [-0.15, -0.1) is 0 Å². The van der Waals surface area contributed by atoms with E-state index in [9.17, 15) is 9.59 Å². The molecular formula is C36H41N5O3. The molecule has 0 fully saturated rings. The first-order valence-electron chi connectivity index (χ1n) is 14.9. The second-order valence-electron chi connectivity index (χ2n) is 10.6. The van der Waals surface area contributed by atoms with Crippen LogP contribution in [0.5, 0.6) is 5.75 Å². The van der Waals surface area contributed by atoms with Crippen LogP contribution in [0.15, 0.2) is 120 Å². The predicted octanol–water partition coefficient (Wildman–Crippen LogP) is 5.07. The van der Waals surface area contributed by atoms with Crippen LogP contribution in [-0.4, -0.2) is 37.5 Å². The van der Waals surface area contributed by atoms with E-state index in [1.54, 1.807) is 7.11 Å². The van der Waals surface area contributed by atoms with Gasteiger partial charge in [0.2, 0.25) is 11.8 Å². The van der Waals surface area contributed by atoms with Crippen molar-refractivity contribution >= 4 is 17.8 Å². The van der Waals surface area contributed by atoms with E-state index in [4.69, 9.17) is 10.5 Å². The van der Waals surface area contributed by atoms with Crippen LogP contribution in [-0.2, 0) is 16.1 Å². The second-order valence-corrected chi connectivity index (χ2v) is 10.6. The van der Waals surface area contributed by atoms with Crippen LogP contribution in [0.3, 0.4) is 0 Å². The van der Waals surface area contributed by atoms with Gasteiger partial charge >= 0.3 is 0 Å². The lowest BCUT2D eigenvalue weighted by Gasteiger charge is -2.25. The fraction of sp³-hybridized carbons (Fsp3) is 0.250. The first-order valence-corrected chi connectivity index (χ1v) is 14.9. The van der Waals surface area contributed by atoms with Crippen LogP contribution in [0, 0.1) is 0 Å². The fourth-order valence-corrected chi connectivity index (χ4v) is 4.94. The highest BCUT2D eigenvalue weighted by Gasteiger charge is 2.28. The van der Waals surface area contributed by atoms with Crippen molar-refractivity contribution in [2.45, 2.75) is 44.3 Å². The topological polar surface area (TPSA) is 118 Å². The van der Waals surface area contributed by atoms with Crippen molar-refractivity contribution in [3.8, 4) is 5.75 Å². The van der Waals surface area contributed by atoms with Crippen LogP contribution in [0.1, 0.15) is 54.0 Å². The molecule has 0 radical (unpaired) electrons. The second kappa shape index (κ2) is 16.5. The average molecular weight is 592 g/mol. The van der Waals surface area contributed by atoms with Gasteiger partial charge in [0.05, 0.1) is 25.6 Å². The maximum absolute atomic E-state index is 13.9. The number of carbonyl (C=O) groups excluding carboxylic acids is 2. The number of carbonyl (C=O) groups is 2. The molecule has 4 aromatic carbocycles. The maximum atomic E-state index is 13.9. The van der Waals surface area contributed by atoms with Gasteiger partial charge in [-0.1, -0.05) is 103 Å². The Balaban J connectivity index is 1.45. The summed E-state index contributed by atoms with van der Waals surface area (Å²) >= 11 is 0. The van der Waals surface area contributed by atoms with E-state index in [2.05, 4.69) is 20.9 Å². The maximum Gasteiger partial charge on any atom is 0.243 e. The number of methoxy groups -OCH3 is 1. The van der Waals surface area contributed by atoms with Crippen molar-refractivity contribution in [3.63, 3.8) is 0 Å². The summed E-state index contributed by atoms with van der Waals surface area (Å²) in [6.07, 6.45) is 0.986. The third-order valence-electron chi connectivity index (χ3n) is 7.39. The summed E-state index contributed by atoms with van der Waals surface area (Å²) in [5.41, 5.74) is 9.78. The summed E-state index contributed by atoms with van der Waals surface area (Å²) in [4.78, 5) is 31.9. The Bertz CT molecular complexity index is 1440. The zero-order valence-corrected chi connectivity index (χ0v) is 25.3. The summed E-state index contributed by atoms with van der Waals surface area (Å²) in [7, 11) is 1.61. The Morgan fingerprint density at radius 1 is 0.750 bits per heavy atom. The standard InChI is InChI=1S/C36H41N5O3/c1-26(28-20-22-31(44-2)23-21-28)40-34(42)32(19-12-24-38-36(37)39-25-27-13-6-3-7-14-27)41-35(43)33(29-15-8-4-9-16-29)30-17-10-5-11-18-30/h3-11,13-18,20-23,26,32-33H,12,19,24-25H2,1-2H3,(H,40,42)(H,41,43)(H3,37,38,39)/t26-,32-/m1/s1. The number of ether oxygens (including phenoxy) is 1. The zero-order valence-electron chi connectivity index (χ0n) is 25.3. The lowest BCUT2D eigenvalue weighted by atomic mass is 9.90. The number of aliphatic imine (C=N–C) groups is 1. The number of guanidine groups is 1. The molecule has 0 spiro atoms. The van der Waals surface area contributed by atoms with Gasteiger partial charge in [0.25, 0.3) is 0 Å². The zero-order chi connectivity index (χ0) is 31.1. The molecule has 8 nitrogen and oxygen atoms in total. The minimum Gasteiger partial charge on any atom is -0.497 e. The Morgan fingerprint density at radius 2 is 1.32 bits per heavy atom. The van der Waals surface area contributed by atoms with Crippen LogP contribution in [0.25, 0.3) is 0 Å². The molecular weight excluding hydrogens is 550 g/mol. The van der Waals surface area contributed by atoms with Crippen LogP contribution in [0.2, 0.25) is 0 Å². The van der Waals surface area contributed by atoms with Gasteiger partial charge in [0, 0.05) is 6.54 Å². The van der Waals surface area contributed by atoms with Gasteiger partial charge in [-0.05, 0) is 54.2 Å². The molecule has 4 aromatic rings. The molecule has 0 aliphatic rings. The Labute approximate surface area is 259 Å². The number of rotatable bonds is 14. The number of nitrogens with two attached hydrogens (primary N) is 1. The van der Waals surface area contributed by atoms with Crippen molar-refractivity contribution in [1.29, 1.82) is 0 Å². The third-order valence-corrected chi connectivity index (χ3v) is 7.39. The fourth-order valence-electron chi connectivity index (χ4n) is 4.94. The van der Waals surface area contributed by atoms with Crippen molar-refractivity contribution in [3.05, 3.63) is 138 Å². The van der Waals surface area contributed by atoms with E-state index in [1.165, 1.54) is 0 Å². The normalized spacial score (nSPS) is 12.7. The Morgan fingerprint density at radius 3 is 1.89 bits per heavy atom. The van der Waals surface area contributed by atoms with Crippen LogP contribution in [0.4, 0.5) is 0 Å². The molecule has 2 atom stereocenters. The summed E-state index contributed by atoms with van der Waals surface area (Å²) in [5.74, 6) is 0.0130. The highest BCUT2D eigenvalue weighted by molar-refractivity contribution is 5.92. The van der Waals surface area contributed by atoms with Crippen molar-refractivity contribution in [1.82, 2.24) is 16.0 Å². The molecule has 0 saturated carbocycles. The summed E-state index contributed by atoms with van der Waals surface area (Å²) < 4.78 is 5.26. The van der Waals surface area contributed by atoms with Gasteiger partial charge in [0.1, 0.15) is 11.8 Å². The van der Waals surface area contributed by atoms with E-state index >= 15 is 0 Å². The summed E-state index contributed by atoms with van der Waals surface area (Å²) in [6, 6.07) is 35.6. The molecule has 0 aromatic heterocycles. The van der Waals surface area contributed by atoms with Crippen LogP contribution < -0.4 is 26.4 Å². The molecule has 44 heavy (non-hydrogen) atoms. The smallest absolute Gasteiger partial charge is 0.243 e. The monoisotopic (exact) mass is 591 g/mol. The van der Waals surface area contributed by atoms with E-state index < -0.39 is 12.0 Å². The highest BCUT2D eigenvalue weighted by Crippen LogP contribution is 2.25. The van der Waals surface area contributed by atoms with Crippen molar-refractivity contribution in [2.24, 2.45) is 10.7 Å². The SMILES string of the molecule is COc1ccc([C@@H](C)NC(=O)[C@@H](CCCNC(N)=NCc2ccccc2)NC(=O)C(c2ccccc2)c2ccccc2)cc1. The number of hydrogen-bond acceptors (Lipinski definition) is 4. The molecule has 5 N–H and O–H groups in total. The molecule has 0 bridgehead atoms. The summed E-state index contributed by atoms with van der Waals surface area (Å²) in [6.45, 7) is 2.89. The third kappa shape index (κ3) is 9.46. The molecule has 0 aliphatic heterocycles. The first kappa shape index (κ1) is 31.8. The van der Waals surface area contributed by atoms with Crippen molar-refractivity contribution < 1.29 is 14.3 Å².